The molecule has 2 rings (SSSR count). The van der Waals surface area contributed by atoms with Gasteiger partial charge in [-0.15, -0.1) is 12.3 Å². The van der Waals surface area contributed by atoms with Gasteiger partial charge in [0.1, 0.15) is 11.5 Å². The molecule has 0 aliphatic carbocycles. The van der Waals surface area contributed by atoms with Crippen LogP contribution < -0.4 is 14.9 Å². The van der Waals surface area contributed by atoms with Crippen molar-refractivity contribution in [1.82, 2.24) is 5.43 Å². The number of ether oxygens (including phenoxy) is 2. The van der Waals surface area contributed by atoms with E-state index in [0.717, 1.165) is 15.6 Å². The molecule has 0 saturated heterocycles. The van der Waals surface area contributed by atoms with E-state index in [9.17, 15) is 4.79 Å². The van der Waals surface area contributed by atoms with Crippen molar-refractivity contribution in [3.8, 4) is 23.8 Å². The SMILES string of the molecule is C#CCCc1c(Br)cc(/C=N\NC(=O)COc2ccc(Cl)cc2Cl)cc1OC. The zero-order valence-corrected chi connectivity index (χ0v) is 18.1. The van der Waals surface area contributed by atoms with Crippen molar-refractivity contribution in [2.75, 3.05) is 13.7 Å². The summed E-state index contributed by atoms with van der Waals surface area (Å²) >= 11 is 15.3. The molecule has 146 valence electrons. The molecule has 0 saturated carbocycles. The van der Waals surface area contributed by atoms with E-state index in [1.807, 2.05) is 12.1 Å². The summed E-state index contributed by atoms with van der Waals surface area (Å²) in [5.74, 6) is 3.23. The van der Waals surface area contributed by atoms with Crippen LogP contribution in [0, 0.1) is 12.3 Å². The molecule has 0 heterocycles. The van der Waals surface area contributed by atoms with Gasteiger partial charge in [-0.2, -0.15) is 5.10 Å². The number of methoxy groups -OCH3 is 1. The van der Waals surface area contributed by atoms with Gasteiger partial charge < -0.3 is 9.47 Å². The maximum Gasteiger partial charge on any atom is 0.277 e. The van der Waals surface area contributed by atoms with Crippen LogP contribution in [-0.4, -0.2) is 25.8 Å². The molecule has 0 spiro atoms. The third-order valence-electron chi connectivity index (χ3n) is 3.57. The van der Waals surface area contributed by atoms with E-state index in [-0.39, 0.29) is 6.61 Å². The van der Waals surface area contributed by atoms with E-state index in [0.29, 0.717) is 34.4 Å². The monoisotopic (exact) mass is 482 g/mol. The number of terminal acetylenes is 1. The van der Waals surface area contributed by atoms with Gasteiger partial charge in [0, 0.05) is 21.5 Å². The number of benzene rings is 2. The average Bonchev–Trinajstić information content (AvgIpc) is 2.66. The van der Waals surface area contributed by atoms with Gasteiger partial charge in [-0.05, 0) is 42.3 Å². The van der Waals surface area contributed by atoms with E-state index in [1.165, 1.54) is 12.3 Å². The highest BCUT2D eigenvalue weighted by Crippen LogP contribution is 2.30. The molecule has 0 fully saturated rings. The number of nitrogens with zero attached hydrogens (tertiary/aromatic N) is 1. The first kappa shape index (κ1) is 22.1. The minimum absolute atomic E-state index is 0.239. The average molecular weight is 484 g/mol. The number of nitrogens with one attached hydrogen (secondary N) is 1. The lowest BCUT2D eigenvalue weighted by molar-refractivity contribution is -0.123. The third-order valence-corrected chi connectivity index (χ3v) is 4.81. The standard InChI is InChI=1S/C20H17BrCl2N2O3/c1-3-4-5-15-16(21)8-13(9-19(15)27-2)11-24-25-20(26)12-28-18-7-6-14(22)10-17(18)23/h1,6-11H,4-5,12H2,2H3,(H,25,26)/b24-11-. The van der Waals surface area contributed by atoms with E-state index in [2.05, 4.69) is 32.4 Å². The highest BCUT2D eigenvalue weighted by molar-refractivity contribution is 9.10. The largest absolute Gasteiger partial charge is 0.496 e. The Morgan fingerprint density at radius 1 is 1.32 bits per heavy atom. The molecule has 1 amide bonds. The van der Waals surface area contributed by atoms with Crippen molar-refractivity contribution in [2.24, 2.45) is 5.10 Å². The molecular weight excluding hydrogens is 467 g/mol. The topological polar surface area (TPSA) is 59.9 Å². The molecule has 0 bridgehead atoms. The second-order valence-corrected chi connectivity index (χ2v) is 7.24. The summed E-state index contributed by atoms with van der Waals surface area (Å²) in [6.45, 7) is -0.239. The van der Waals surface area contributed by atoms with Gasteiger partial charge in [-0.25, -0.2) is 5.43 Å². The van der Waals surface area contributed by atoms with Crippen molar-refractivity contribution in [1.29, 1.82) is 0 Å². The Hall–Kier alpha value is -2.20. The van der Waals surface area contributed by atoms with E-state index >= 15 is 0 Å². The van der Waals surface area contributed by atoms with Crippen molar-refractivity contribution < 1.29 is 14.3 Å². The van der Waals surface area contributed by atoms with Crippen LogP contribution >= 0.6 is 39.1 Å². The predicted molar refractivity (Wildman–Crippen MR) is 116 cm³/mol. The van der Waals surface area contributed by atoms with Gasteiger partial charge in [0.25, 0.3) is 5.91 Å². The molecule has 0 aliphatic heterocycles. The minimum atomic E-state index is -0.432. The van der Waals surface area contributed by atoms with Crippen molar-refractivity contribution in [3.63, 3.8) is 0 Å². The van der Waals surface area contributed by atoms with E-state index < -0.39 is 5.91 Å². The van der Waals surface area contributed by atoms with Crippen LogP contribution in [0.2, 0.25) is 10.0 Å². The van der Waals surface area contributed by atoms with E-state index in [4.69, 9.17) is 39.1 Å². The molecule has 28 heavy (non-hydrogen) atoms. The summed E-state index contributed by atoms with van der Waals surface area (Å²) in [7, 11) is 1.59. The summed E-state index contributed by atoms with van der Waals surface area (Å²) in [5.41, 5.74) is 4.12. The molecular formula is C20H17BrCl2N2O3. The molecule has 2 aromatic carbocycles. The Bertz CT molecular complexity index is 926. The second-order valence-electron chi connectivity index (χ2n) is 5.54. The fraction of sp³-hybridized carbons (Fsp3) is 0.200. The van der Waals surface area contributed by atoms with E-state index in [1.54, 1.807) is 19.2 Å². The molecule has 0 unspecified atom stereocenters. The number of hydrogen-bond donors (Lipinski definition) is 1. The van der Waals surface area contributed by atoms with Crippen LogP contribution in [0.15, 0.2) is 39.9 Å². The molecule has 5 nitrogen and oxygen atoms in total. The quantitative estimate of drug-likeness (QED) is 0.331. The predicted octanol–water partition coefficient (Wildman–Crippen LogP) is 4.86. The summed E-state index contributed by atoms with van der Waals surface area (Å²) in [4.78, 5) is 11.9. The van der Waals surface area contributed by atoms with Crippen LogP contribution in [0.4, 0.5) is 0 Å². The Morgan fingerprint density at radius 2 is 2.11 bits per heavy atom. The Kier molecular flexibility index (Phi) is 8.65. The smallest absolute Gasteiger partial charge is 0.277 e. The molecule has 1 N–H and O–H groups in total. The first-order valence-electron chi connectivity index (χ1n) is 8.14. The number of rotatable bonds is 8. The van der Waals surface area contributed by atoms with Crippen LogP contribution in [0.25, 0.3) is 0 Å². The summed E-state index contributed by atoms with van der Waals surface area (Å²) < 4.78 is 11.6. The number of amides is 1. The van der Waals surface area contributed by atoms with Crippen LogP contribution in [0.5, 0.6) is 11.5 Å². The molecule has 0 radical (unpaired) electrons. The van der Waals surface area contributed by atoms with Crippen molar-refractivity contribution in [2.45, 2.75) is 12.8 Å². The number of hydrogen-bond acceptors (Lipinski definition) is 4. The number of halogens is 3. The zero-order valence-electron chi connectivity index (χ0n) is 15.0. The van der Waals surface area contributed by atoms with Crippen LogP contribution in [0.3, 0.4) is 0 Å². The van der Waals surface area contributed by atoms with Crippen molar-refractivity contribution in [3.05, 3.63) is 56.0 Å². The van der Waals surface area contributed by atoms with Gasteiger partial charge in [0.15, 0.2) is 6.61 Å². The van der Waals surface area contributed by atoms with Crippen LogP contribution in [-0.2, 0) is 11.2 Å². The molecule has 0 aliphatic rings. The van der Waals surface area contributed by atoms with Gasteiger partial charge in [-0.1, -0.05) is 39.1 Å². The normalized spacial score (nSPS) is 10.5. The molecule has 8 heteroatoms. The lowest BCUT2D eigenvalue weighted by atomic mass is 10.1. The number of carbonyl (C=O) groups is 1. The maximum absolute atomic E-state index is 11.9. The van der Waals surface area contributed by atoms with Gasteiger partial charge in [0.2, 0.25) is 0 Å². The fourth-order valence-corrected chi connectivity index (χ4v) is 3.40. The van der Waals surface area contributed by atoms with Gasteiger partial charge in [0.05, 0.1) is 18.3 Å². The Labute approximate surface area is 182 Å². The fourth-order valence-electron chi connectivity index (χ4n) is 2.27. The van der Waals surface area contributed by atoms with Crippen LogP contribution in [0.1, 0.15) is 17.5 Å². The maximum atomic E-state index is 11.9. The van der Waals surface area contributed by atoms with Crippen molar-refractivity contribution >= 4 is 51.3 Å². The minimum Gasteiger partial charge on any atom is -0.496 e. The first-order valence-corrected chi connectivity index (χ1v) is 9.69. The summed E-state index contributed by atoms with van der Waals surface area (Å²) in [5, 5.41) is 4.74. The zero-order chi connectivity index (χ0) is 20.5. The molecule has 2 aromatic rings. The summed E-state index contributed by atoms with van der Waals surface area (Å²) in [6.07, 6.45) is 8.13. The first-order chi connectivity index (χ1) is 13.4. The highest BCUT2D eigenvalue weighted by Gasteiger charge is 2.09. The second kappa shape index (κ2) is 11.0. The lowest BCUT2D eigenvalue weighted by Gasteiger charge is -2.11. The highest BCUT2D eigenvalue weighted by atomic mass is 79.9. The Morgan fingerprint density at radius 3 is 2.79 bits per heavy atom. The molecule has 0 atom stereocenters. The number of carbonyl (C=O) groups excluding carboxylic acids is 1. The lowest BCUT2D eigenvalue weighted by Crippen LogP contribution is -2.24. The third kappa shape index (κ3) is 6.45. The van der Waals surface area contributed by atoms with Gasteiger partial charge in [-0.3, -0.25) is 4.79 Å². The van der Waals surface area contributed by atoms with Gasteiger partial charge >= 0.3 is 0 Å². The number of hydrazone groups is 1. The molecule has 0 aromatic heterocycles. The Balaban J connectivity index is 1.95. The summed E-state index contributed by atoms with van der Waals surface area (Å²) in [6, 6.07) is 8.43.